The molecule has 1 heterocycles. The Kier molecular flexibility index (Phi) is 4.41. The van der Waals surface area contributed by atoms with Gasteiger partial charge in [0.25, 0.3) is 0 Å². The minimum atomic E-state index is 0.500. The van der Waals surface area contributed by atoms with Crippen molar-refractivity contribution in [1.29, 1.82) is 0 Å². The SMILES string of the molecule is CCCc1nsc(NC2CCCC2CCl)n1. The molecule has 2 rings (SSSR count). The zero-order chi connectivity index (χ0) is 11.4. The molecule has 0 amide bonds. The molecule has 1 aliphatic carbocycles. The van der Waals surface area contributed by atoms with Crippen molar-refractivity contribution in [3.8, 4) is 0 Å². The summed E-state index contributed by atoms with van der Waals surface area (Å²) in [6.45, 7) is 2.15. The molecule has 3 nitrogen and oxygen atoms in total. The maximum absolute atomic E-state index is 5.95. The summed E-state index contributed by atoms with van der Waals surface area (Å²) in [5.74, 6) is 2.31. The Labute approximate surface area is 106 Å². The highest BCUT2D eigenvalue weighted by Crippen LogP contribution is 2.29. The summed E-state index contributed by atoms with van der Waals surface area (Å²) in [4.78, 5) is 4.49. The molecular weight excluding hydrogens is 242 g/mol. The van der Waals surface area contributed by atoms with Gasteiger partial charge in [0.1, 0.15) is 5.82 Å². The Morgan fingerprint density at radius 2 is 2.38 bits per heavy atom. The molecular formula is C11H18ClN3S. The maximum Gasteiger partial charge on any atom is 0.202 e. The monoisotopic (exact) mass is 259 g/mol. The van der Waals surface area contributed by atoms with Crippen LogP contribution in [-0.2, 0) is 6.42 Å². The molecule has 0 saturated heterocycles. The van der Waals surface area contributed by atoms with E-state index >= 15 is 0 Å². The van der Waals surface area contributed by atoms with Gasteiger partial charge in [-0.1, -0.05) is 13.3 Å². The lowest BCUT2D eigenvalue weighted by Gasteiger charge is -2.17. The molecule has 1 saturated carbocycles. The molecule has 2 atom stereocenters. The van der Waals surface area contributed by atoms with E-state index in [1.807, 2.05) is 0 Å². The summed E-state index contributed by atoms with van der Waals surface area (Å²) in [5, 5.41) is 4.44. The molecule has 16 heavy (non-hydrogen) atoms. The summed E-state index contributed by atoms with van der Waals surface area (Å²) >= 11 is 7.42. The van der Waals surface area contributed by atoms with Gasteiger partial charge in [-0.3, -0.25) is 0 Å². The number of rotatable bonds is 5. The standard InChI is InChI=1S/C11H18ClN3S/c1-2-4-10-14-11(16-15-10)13-9-6-3-5-8(9)7-12/h8-9H,2-7H2,1H3,(H,13,14,15). The summed E-state index contributed by atoms with van der Waals surface area (Å²) < 4.78 is 4.33. The number of halogens is 1. The molecule has 0 spiro atoms. The van der Waals surface area contributed by atoms with Crippen LogP contribution in [-0.4, -0.2) is 21.3 Å². The highest BCUT2D eigenvalue weighted by Gasteiger charge is 2.27. The van der Waals surface area contributed by atoms with Crippen LogP contribution >= 0.6 is 23.1 Å². The van der Waals surface area contributed by atoms with Crippen LogP contribution in [0, 0.1) is 5.92 Å². The summed E-state index contributed by atoms with van der Waals surface area (Å²) in [6, 6.07) is 0.500. The number of hydrogen-bond donors (Lipinski definition) is 1. The Hall–Kier alpha value is -0.350. The molecule has 0 aliphatic heterocycles. The second kappa shape index (κ2) is 5.82. The predicted octanol–water partition coefficient (Wildman–Crippen LogP) is 3.31. The van der Waals surface area contributed by atoms with Crippen LogP contribution in [0.25, 0.3) is 0 Å². The van der Waals surface area contributed by atoms with Crippen LogP contribution in [0.15, 0.2) is 0 Å². The Bertz CT molecular complexity index is 329. The van der Waals surface area contributed by atoms with E-state index in [-0.39, 0.29) is 0 Å². The highest BCUT2D eigenvalue weighted by molar-refractivity contribution is 7.09. The van der Waals surface area contributed by atoms with Crippen molar-refractivity contribution < 1.29 is 0 Å². The van der Waals surface area contributed by atoms with Crippen LogP contribution in [0.3, 0.4) is 0 Å². The van der Waals surface area contributed by atoms with Crippen LogP contribution in [0.5, 0.6) is 0 Å². The van der Waals surface area contributed by atoms with Crippen molar-refractivity contribution in [2.75, 3.05) is 11.2 Å². The predicted molar refractivity (Wildman–Crippen MR) is 69.4 cm³/mol. The van der Waals surface area contributed by atoms with E-state index in [0.717, 1.165) is 29.7 Å². The number of nitrogens with zero attached hydrogens (tertiary/aromatic N) is 2. The topological polar surface area (TPSA) is 37.8 Å². The first-order valence-corrected chi connectivity index (χ1v) is 7.29. The van der Waals surface area contributed by atoms with Gasteiger partial charge in [0.05, 0.1) is 0 Å². The normalized spacial score (nSPS) is 24.9. The van der Waals surface area contributed by atoms with Gasteiger partial charge in [-0.2, -0.15) is 4.37 Å². The average molecular weight is 260 g/mol. The van der Waals surface area contributed by atoms with Gasteiger partial charge in [-0.15, -0.1) is 11.6 Å². The molecule has 1 N–H and O–H groups in total. The molecule has 0 aromatic carbocycles. The highest BCUT2D eigenvalue weighted by atomic mass is 35.5. The van der Waals surface area contributed by atoms with E-state index in [1.54, 1.807) is 0 Å². The van der Waals surface area contributed by atoms with Crippen molar-refractivity contribution in [2.24, 2.45) is 5.92 Å². The summed E-state index contributed by atoms with van der Waals surface area (Å²) in [6.07, 6.45) is 5.79. The first-order chi connectivity index (χ1) is 7.83. The third-order valence-corrected chi connectivity index (χ3v) is 4.19. The quantitative estimate of drug-likeness (QED) is 0.825. The molecule has 1 aromatic rings. The molecule has 1 aliphatic rings. The smallest absolute Gasteiger partial charge is 0.202 e. The fourth-order valence-electron chi connectivity index (χ4n) is 2.21. The van der Waals surface area contributed by atoms with E-state index < -0.39 is 0 Å². The Morgan fingerprint density at radius 1 is 1.50 bits per heavy atom. The van der Waals surface area contributed by atoms with Gasteiger partial charge in [0.2, 0.25) is 5.13 Å². The molecule has 5 heteroatoms. The summed E-state index contributed by atoms with van der Waals surface area (Å²) in [5.41, 5.74) is 0. The van der Waals surface area contributed by atoms with Gasteiger partial charge in [-0.25, -0.2) is 4.98 Å². The maximum atomic E-state index is 5.95. The second-order valence-corrected chi connectivity index (χ2v) is 5.42. The van der Waals surface area contributed by atoms with Crippen molar-refractivity contribution >= 4 is 28.3 Å². The lowest BCUT2D eigenvalue weighted by atomic mass is 10.1. The lowest BCUT2D eigenvalue weighted by molar-refractivity contribution is 0.562. The van der Waals surface area contributed by atoms with Gasteiger partial charge >= 0.3 is 0 Å². The number of hydrogen-bond acceptors (Lipinski definition) is 4. The van der Waals surface area contributed by atoms with Crippen LogP contribution < -0.4 is 5.32 Å². The lowest BCUT2D eigenvalue weighted by Crippen LogP contribution is -2.24. The van der Waals surface area contributed by atoms with Gasteiger partial charge in [0.15, 0.2) is 0 Å². The minimum Gasteiger partial charge on any atom is -0.357 e. The zero-order valence-corrected chi connectivity index (χ0v) is 11.2. The molecule has 0 radical (unpaired) electrons. The number of aromatic nitrogens is 2. The fraction of sp³-hybridized carbons (Fsp3) is 0.818. The third kappa shape index (κ3) is 2.86. The number of nitrogens with one attached hydrogen (secondary N) is 1. The molecule has 1 fully saturated rings. The van der Waals surface area contributed by atoms with E-state index in [0.29, 0.717) is 12.0 Å². The largest absolute Gasteiger partial charge is 0.357 e. The Morgan fingerprint density at radius 3 is 3.12 bits per heavy atom. The van der Waals surface area contributed by atoms with Gasteiger partial charge < -0.3 is 5.32 Å². The molecule has 2 unspecified atom stereocenters. The van der Waals surface area contributed by atoms with Crippen molar-refractivity contribution in [3.63, 3.8) is 0 Å². The van der Waals surface area contributed by atoms with E-state index in [9.17, 15) is 0 Å². The van der Waals surface area contributed by atoms with Crippen LogP contribution in [0.1, 0.15) is 38.4 Å². The molecule has 0 bridgehead atoms. The van der Waals surface area contributed by atoms with Gasteiger partial charge in [0, 0.05) is 29.9 Å². The van der Waals surface area contributed by atoms with Crippen molar-refractivity contribution in [2.45, 2.75) is 45.1 Å². The van der Waals surface area contributed by atoms with E-state index in [2.05, 4.69) is 21.6 Å². The number of alkyl halides is 1. The average Bonchev–Trinajstić information content (AvgIpc) is 2.89. The fourth-order valence-corrected chi connectivity index (χ4v) is 3.25. The van der Waals surface area contributed by atoms with Crippen LogP contribution in [0.2, 0.25) is 0 Å². The van der Waals surface area contributed by atoms with E-state index in [4.69, 9.17) is 11.6 Å². The van der Waals surface area contributed by atoms with Gasteiger partial charge in [-0.05, 0) is 25.2 Å². The first-order valence-electron chi connectivity index (χ1n) is 5.98. The molecule has 1 aromatic heterocycles. The second-order valence-electron chi connectivity index (χ2n) is 4.36. The molecule has 90 valence electrons. The van der Waals surface area contributed by atoms with Crippen LogP contribution in [0.4, 0.5) is 5.13 Å². The summed E-state index contributed by atoms with van der Waals surface area (Å²) in [7, 11) is 0. The minimum absolute atomic E-state index is 0.500. The number of aryl methyl sites for hydroxylation is 1. The van der Waals surface area contributed by atoms with Crippen molar-refractivity contribution in [3.05, 3.63) is 5.82 Å². The first kappa shape index (κ1) is 12.1. The van der Waals surface area contributed by atoms with E-state index in [1.165, 1.54) is 30.8 Å². The Balaban J connectivity index is 1.92. The third-order valence-electron chi connectivity index (χ3n) is 3.11. The zero-order valence-electron chi connectivity index (χ0n) is 9.58. The number of anilines is 1. The van der Waals surface area contributed by atoms with Crippen molar-refractivity contribution in [1.82, 2.24) is 9.36 Å².